The van der Waals surface area contributed by atoms with Gasteiger partial charge < -0.3 is 0 Å². The van der Waals surface area contributed by atoms with Gasteiger partial charge in [0.2, 0.25) is 0 Å². The molecule has 1 aliphatic carbocycles. The molecule has 0 N–H and O–H groups in total. The summed E-state index contributed by atoms with van der Waals surface area (Å²) in [4.78, 5) is 45.4. The fraction of sp³-hybridized carbons (Fsp3) is 0.214. The van der Waals surface area contributed by atoms with Crippen molar-refractivity contribution in [3.63, 3.8) is 0 Å². The molecular weight excluding hydrogens is 319 g/mol. The number of hydrogen-bond donors (Lipinski definition) is 0. The van der Waals surface area contributed by atoms with E-state index in [0.29, 0.717) is 12.1 Å². The highest BCUT2D eigenvalue weighted by Crippen LogP contribution is 2.34. The highest BCUT2D eigenvalue weighted by molar-refractivity contribution is 6.28. The molecule has 6 nitrogen and oxygen atoms in total. The summed E-state index contributed by atoms with van der Waals surface area (Å²) in [5, 5.41) is 11.0. The maximum Gasteiger partial charge on any atom is 0.416 e. The van der Waals surface area contributed by atoms with Gasteiger partial charge in [-0.25, -0.2) is 0 Å². The molecule has 0 bridgehead atoms. The highest BCUT2D eigenvalue weighted by Gasteiger charge is 2.39. The van der Waals surface area contributed by atoms with Gasteiger partial charge in [-0.3, -0.25) is 24.5 Å². The standard InChI is InChI=1S/C14H8F3NO5/c15-14(16,17)7-4-5-8(9(6-7)18(22)23)13(21)12-10(19)2-1-3-11(12)20/h1-2,4-6,12H,3H2. The second kappa shape index (κ2) is 5.75. The Morgan fingerprint density at radius 1 is 1.26 bits per heavy atom. The number of carbonyl (C=O) groups excluding carboxylic acids is 3. The number of benzene rings is 1. The number of hydrogen-bond acceptors (Lipinski definition) is 5. The van der Waals surface area contributed by atoms with Crippen LogP contribution in [0.5, 0.6) is 0 Å². The lowest BCUT2D eigenvalue weighted by molar-refractivity contribution is -0.385. The van der Waals surface area contributed by atoms with Gasteiger partial charge in [-0.05, 0) is 18.2 Å². The van der Waals surface area contributed by atoms with Crippen molar-refractivity contribution < 1.29 is 32.5 Å². The Bertz CT molecular complexity index is 751. The van der Waals surface area contributed by atoms with E-state index < -0.39 is 51.2 Å². The second-order valence-corrected chi connectivity index (χ2v) is 4.76. The topological polar surface area (TPSA) is 94.3 Å². The van der Waals surface area contributed by atoms with Crippen LogP contribution in [0.1, 0.15) is 22.3 Å². The molecule has 120 valence electrons. The van der Waals surface area contributed by atoms with E-state index in [1.54, 1.807) is 0 Å². The summed E-state index contributed by atoms with van der Waals surface area (Å²) in [6.45, 7) is 0. The maximum atomic E-state index is 12.6. The molecule has 9 heteroatoms. The molecule has 23 heavy (non-hydrogen) atoms. The van der Waals surface area contributed by atoms with Gasteiger partial charge in [0.1, 0.15) is 5.92 Å². The molecule has 0 saturated carbocycles. The zero-order chi connectivity index (χ0) is 17.4. The lowest BCUT2D eigenvalue weighted by Gasteiger charge is -2.15. The maximum absolute atomic E-state index is 12.6. The predicted molar refractivity (Wildman–Crippen MR) is 69.7 cm³/mol. The van der Waals surface area contributed by atoms with E-state index in [0.717, 1.165) is 6.08 Å². The van der Waals surface area contributed by atoms with Crippen molar-refractivity contribution in [1.29, 1.82) is 0 Å². The lowest BCUT2D eigenvalue weighted by Crippen LogP contribution is -2.33. The third-order valence-electron chi connectivity index (χ3n) is 3.26. The van der Waals surface area contributed by atoms with E-state index in [9.17, 15) is 37.7 Å². The van der Waals surface area contributed by atoms with E-state index in [-0.39, 0.29) is 12.5 Å². The first kappa shape index (κ1) is 16.5. The smallest absolute Gasteiger partial charge is 0.298 e. The molecule has 0 aromatic heterocycles. The van der Waals surface area contributed by atoms with Crippen molar-refractivity contribution in [3.05, 3.63) is 51.6 Å². The molecule has 1 aromatic rings. The van der Waals surface area contributed by atoms with E-state index in [4.69, 9.17) is 0 Å². The van der Waals surface area contributed by atoms with Crippen LogP contribution in [0.15, 0.2) is 30.4 Å². The van der Waals surface area contributed by atoms with Crippen LogP contribution in [0, 0.1) is 16.0 Å². The summed E-state index contributed by atoms with van der Waals surface area (Å²) in [7, 11) is 0. The van der Waals surface area contributed by atoms with E-state index in [1.165, 1.54) is 6.08 Å². The molecule has 1 unspecified atom stereocenters. The average Bonchev–Trinajstić information content (AvgIpc) is 2.45. The average molecular weight is 327 g/mol. The summed E-state index contributed by atoms with van der Waals surface area (Å²) in [5.41, 5.74) is -3.10. The van der Waals surface area contributed by atoms with Gasteiger partial charge in [0.05, 0.1) is 16.1 Å². The Labute approximate surface area is 126 Å². The third kappa shape index (κ3) is 3.17. The molecule has 0 fully saturated rings. The van der Waals surface area contributed by atoms with Crippen LogP contribution in [0.2, 0.25) is 0 Å². The molecule has 0 saturated heterocycles. The molecule has 1 aliphatic rings. The number of allylic oxidation sites excluding steroid dienone is 2. The summed E-state index contributed by atoms with van der Waals surface area (Å²) in [6.07, 6.45) is -2.78. The lowest BCUT2D eigenvalue weighted by atomic mass is 9.84. The normalized spacial score (nSPS) is 18.1. The van der Waals surface area contributed by atoms with Crippen molar-refractivity contribution >= 4 is 23.0 Å². The summed E-state index contributed by atoms with van der Waals surface area (Å²) >= 11 is 0. The number of nitro groups is 1. The first-order chi connectivity index (χ1) is 10.6. The second-order valence-electron chi connectivity index (χ2n) is 4.76. The number of nitro benzene ring substituents is 1. The number of carbonyl (C=O) groups is 3. The molecule has 1 atom stereocenters. The minimum absolute atomic E-state index is 0.198. The quantitative estimate of drug-likeness (QED) is 0.368. The van der Waals surface area contributed by atoms with Crippen LogP contribution < -0.4 is 0 Å². The number of halogens is 3. The Morgan fingerprint density at radius 3 is 2.43 bits per heavy atom. The van der Waals surface area contributed by atoms with Crippen molar-refractivity contribution in [2.45, 2.75) is 12.6 Å². The Kier molecular flexibility index (Phi) is 4.13. The minimum Gasteiger partial charge on any atom is -0.298 e. The minimum atomic E-state index is -4.83. The van der Waals surface area contributed by atoms with E-state index in [2.05, 4.69) is 0 Å². The SMILES string of the molecule is O=C1C=CCC(=O)C1C(=O)c1ccc(C(F)(F)F)cc1[N+](=O)[O-]. The van der Waals surface area contributed by atoms with Gasteiger partial charge in [0.25, 0.3) is 5.69 Å². The van der Waals surface area contributed by atoms with Gasteiger partial charge >= 0.3 is 6.18 Å². The van der Waals surface area contributed by atoms with Gasteiger partial charge in [0.15, 0.2) is 17.3 Å². The van der Waals surface area contributed by atoms with E-state index >= 15 is 0 Å². The molecule has 0 radical (unpaired) electrons. The fourth-order valence-corrected chi connectivity index (χ4v) is 2.16. The molecule has 0 aliphatic heterocycles. The first-order valence-electron chi connectivity index (χ1n) is 6.26. The number of alkyl halides is 3. The third-order valence-corrected chi connectivity index (χ3v) is 3.26. The van der Waals surface area contributed by atoms with E-state index in [1.807, 2.05) is 0 Å². The molecule has 0 amide bonds. The van der Waals surface area contributed by atoms with Crippen LogP contribution in [-0.2, 0) is 15.8 Å². The zero-order valence-electron chi connectivity index (χ0n) is 11.3. The number of nitrogens with zero attached hydrogens (tertiary/aromatic N) is 1. The van der Waals surface area contributed by atoms with Crippen molar-refractivity contribution in [3.8, 4) is 0 Å². The highest BCUT2D eigenvalue weighted by atomic mass is 19.4. The predicted octanol–water partition coefficient (Wildman–Crippen LogP) is 2.51. The number of ketones is 3. The van der Waals surface area contributed by atoms with Crippen molar-refractivity contribution in [1.82, 2.24) is 0 Å². The Hall–Kier alpha value is -2.84. The van der Waals surface area contributed by atoms with Crippen LogP contribution in [0.3, 0.4) is 0 Å². The molecule has 0 spiro atoms. The van der Waals surface area contributed by atoms with Crippen molar-refractivity contribution in [2.75, 3.05) is 0 Å². The van der Waals surface area contributed by atoms with Crippen LogP contribution in [0.4, 0.5) is 18.9 Å². The molecule has 1 aromatic carbocycles. The zero-order valence-corrected chi connectivity index (χ0v) is 11.3. The number of Topliss-reactive ketones (excluding diaryl/α,β-unsaturated/α-hetero) is 2. The van der Waals surface area contributed by atoms with Gasteiger partial charge in [0, 0.05) is 12.5 Å². The fourth-order valence-electron chi connectivity index (χ4n) is 2.16. The largest absolute Gasteiger partial charge is 0.416 e. The van der Waals surface area contributed by atoms with Gasteiger partial charge in [-0.1, -0.05) is 6.08 Å². The monoisotopic (exact) mass is 327 g/mol. The van der Waals surface area contributed by atoms with Crippen LogP contribution in [0.25, 0.3) is 0 Å². The summed E-state index contributed by atoms with van der Waals surface area (Å²) < 4.78 is 37.9. The van der Waals surface area contributed by atoms with Gasteiger partial charge in [-0.2, -0.15) is 13.2 Å². The molecule has 2 rings (SSSR count). The summed E-state index contributed by atoms with van der Waals surface area (Å²) in [6, 6.07) is 1.32. The van der Waals surface area contributed by atoms with Crippen LogP contribution in [-0.4, -0.2) is 22.3 Å². The molecular formula is C14H8F3NO5. The Morgan fingerprint density at radius 2 is 1.91 bits per heavy atom. The van der Waals surface area contributed by atoms with Crippen molar-refractivity contribution in [2.24, 2.45) is 5.92 Å². The van der Waals surface area contributed by atoms with Gasteiger partial charge in [-0.15, -0.1) is 0 Å². The molecule has 0 heterocycles. The summed E-state index contributed by atoms with van der Waals surface area (Å²) in [5.74, 6) is -4.53. The first-order valence-corrected chi connectivity index (χ1v) is 6.26. The van der Waals surface area contributed by atoms with Crippen LogP contribution >= 0.6 is 0 Å². The Balaban J connectivity index is 2.52. The number of rotatable bonds is 3.